The summed E-state index contributed by atoms with van der Waals surface area (Å²) >= 11 is 0. The van der Waals surface area contributed by atoms with Crippen molar-refractivity contribution in [3.63, 3.8) is 0 Å². The monoisotopic (exact) mass is 354 g/mol. The normalized spacial score (nSPS) is 22.6. The summed E-state index contributed by atoms with van der Waals surface area (Å²) in [6.45, 7) is 6.39. The molecule has 0 N–H and O–H groups in total. The summed E-state index contributed by atoms with van der Waals surface area (Å²) in [5.74, 6) is -15.4. The summed E-state index contributed by atoms with van der Waals surface area (Å²) in [5, 5.41) is 0. The van der Waals surface area contributed by atoms with Gasteiger partial charge in [0.15, 0.2) is 5.83 Å². The number of hydrogen-bond acceptors (Lipinski definition) is 2. The summed E-state index contributed by atoms with van der Waals surface area (Å²) in [7, 11) is -1.25. The molecule has 0 aliphatic carbocycles. The fourth-order valence-corrected chi connectivity index (χ4v) is 1.72. The second-order valence-electron chi connectivity index (χ2n) is 6.12. The van der Waals surface area contributed by atoms with E-state index in [9.17, 15) is 35.1 Å². The van der Waals surface area contributed by atoms with E-state index in [1.807, 2.05) is 0 Å². The van der Waals surface area contributed by atoms with Crippen molar-refractivity contribution in [3.05, 3.63) is 11.9 Å². The first-order valence-corrected chi connectivity index (χ1v) is 6.50. The first-order valence-electron chi connectivity index (χ1n) is 6.50. The van der Waals surface area contributed by atoms with Crippen LogP contribution in [0.3, 0.4) is 0 Å². The Morgan fingerprint density at radius 2 is 1.30 bits per heavy atom. The van der Waals surface area contributed by atoms with Gasteiger partial charge >= 0.3 is 25.1 Å². The molecular formula is C12H15BF8O2. The highest BCUT2D eigenvalue weighted by Crippen LogP contribution is 2.50. The van der Waals surface area contributed by atoms with Gasteiger partial charge < -0.3 is 9.31 Å². The van der Waals surface area contributed by atoms with Gasteiger partial charge in [0.25, 0.3) is 0 Å². The summed E-state index contributed by atoms with van der Waals surface area (Å²) in [4.78, 5) is 0. The molecule has 1 aliphatic heterocycles. The molecule has 1 heterocycles. The highest BCUT2D eigenvalue weighted by molar-refractivity contribution is 6.46. The Bertz CT molecular complexity index is 468. The smallest absolute Gasteiger partial charge is 0.403 e. The van der Waals surface area contributed by atoms with Crippen LogP contribution in [0.25, 0.3) is 0 Å². The van der Waals surface area contributed by atoms with Crippen molar-refractivity contribution in [2.45, 2.75) is 63.2 Å². The third-order valence-corrected chi connectivity index (χ3v) is 3.84. The third-order valence-electron chi connectivity index (χ3n) is 3.84. The number of alkyl halides is 7. The minimum Gasteiger partial charge on any atom is -0.403 e. The van der Waals surface area contributed by atoms with Crippen molar-refractivity contribution in [1.82, 2.24) is 0 Å². The maximum absolute atomic E-state index is 13.3. The first kappa shape index (κ1) is 20.2. The number of halogens is 8. The molecule has 0 spiro atoms. The largest absolute Gasteiger partial charge is 0.461 e. The average Bonchev–Trinajstić information content (AvgIpc) is 2.53. The van der Waals surface area contributed by atoms with Crippen LogP contribution in [-0.2, 0) is 9.31 Å². The lowest BCUT2D eigenvalue weighted by Crippen LogP contribution is -2.52. The van der Waals surface area contributed by atoms with Gasteiger partial charge in [0.1, 0.15) is 0 Å². The Morgan fingerprint density at radius 1 is 0.913 bits per heavy atom. The van der Waals surface area contributed by atoms with E-state index >= 15 is 0 Å². The van der Waals surface area contributed by atoms with Crippen LogP contribution < -0.4 is 0 Å². The molecular weight excluding hydrogens is 339 g/mol. The van der Waals surface area contributed by atoms with Crippen molar-refractivity contribution in [2.75, 3.05) is 0 Å². The summed E-state index contributed by atoms with van der Waals surface area (Å²) in [6, 6.07) is 0. The molecule has 0 aromatic carbocycles. The maximum atomic E-state index is 13.3. The van der Waals surface area contributed by atoms with Crippen molar-refractivity contribution in [2.24, 2.45) is 0 Å². The van der Waals surface area contributed by atoms with E-state index in [0.717, 1.165) is 0 Å². The van der Waals surface area contributed by atoms with E-state index in [2.05, 4.69) is 0 Å². The summed E-state index contributed by atoms with van der Waals surface area (Å²) in [5.41, 5.74) is -1.78. The number of allylic oxidation sites excluding steroid dienone is 2. The first-order chi connectivity index (χ1) is 9.96. The Kier molecular flexibility index (Phi) is 4.93. The zero-order chi connectivity index (χ0) is 18.5. The molecule has 0 aromatic rings. The molecule has 1 rings (SSSR count). The van der Waals surface area contributed by atoms with Gasteiger partial charge in [-0.3, -0.25) is 0 Å². The highest BCUT2D eigenvalue weighted by atomic mass is 19.4. The lowest BCUT2D eigenvalue weighted by molar-refractivity contribution is -0.347. The minimum absolute atomic E-state index is 0.0816. The van der Waals surface area contributed by atoms with E-state index in [4.69, 9.17) is 9.31 Å². The lowest BCUT2D eigenvalue weighted by Gasteiger charge is -2.32. The molecule has 1 fully saturated rings. The molecule has 23 heavy (non-hydrogen) atoms. The topological polar surface area (TPSA) is 18.5 Å². The molecule has 11 heteroatoms. The Balaban J connectivity index is 2.90. The van der Waals surface area contributed by atoms with Crippen LogP contribution in [0.5, 0.6) is 0 Å². The van der Waals surface area contributed by atoms with E-state index in [-0.39, 0.29) is 6.08 Å². The van der Waals surface area contributed by atoms with Gasteiger partial charge in [-0.15, -0.1) is 0 Å². The molecule has 0 saturated carbocycles. The Labute approximate surface area is 128 Å². The molecule has 134 valence electrons. The average molecular weight is 354 g/mol. The zero-order valence-corrected chi connectivity index (χ0v) is 12.7. The molecule has 0 aromatic heterocycles. The van der Waals surface area contributed by atoms with Crippen LogP contribution in [-0.4, -0.2) is 36.3 Å². The molecule has 2 nitrogen and oxygen atoms in total. The van der Waals surface area contributed by atoms with Gasteiger partial charge in [0, 0.05) is 6.32 Å². The van der Waals surface area contributed by atoms with Crippen LogP contribution in [0.2, 0.25) is 6.32 Å². The summed E-state index contributed by atoms with van der Waals surface area (Å²) < 4.78 is 111. The predicted molar refractivity (Wildman–Crippen MR) is 66.0 cm³/mol. The second kappa shape index (κ2) is 5.61. The van der Waals surface area contributed by atoms with Crippen molar-refractivity contribution in [1.29, 1.82) is 0 Å². The van der Waals surface area contributed by atoms with Crippen LogP contribution in [0.1, 0.15) is 27.7 Å². The molecule has 0 atom stereocenters. The van der Waals surface area contributed by atoms with Gasteiger partial charge in [0.05, 0.1) is 11.2 Å². The van der Waals surface area contributed by atoms with Crippen molar-refractivity contribution < 1.29 is 44.4 Å². The van der Waals surface area contributed by atoms with Crippen LogP contribution in [0.4, 0.5) is 35.1 Å². The molecule has 1 aliphatic rings. The number of rotatable bonds is 4. The maximum Gasteiger partial charge on any atom is 0.461 e. The van der Waals surface area contributed by atoms with Gasteiger partial charge in [-0.1, -0.05) is 0 Å². The fraction of sp³-hybridized carbons (Fsp3) is 0.833. The Hall–Kier alpha value is -0.835. The standard InChI is InChI=1S/C12H15BF8O2/c1-8(2)9(3,4)23-13(22-8)6-5-7(14)10(15,16)11(17,18)12(19,20)21/h5H,6H2,1-4H3/b7-5-. The van der Waals surface area contributed by atoms with Gasteiger partial charge in [-0.2, -0.15) is 30.7 Å². The third kappa shape index (κ3) is 3.49. The molecule has 0 radical (unpaired) electrons. The second-order valence-corrected chi connectivity index (χ2v) is 6.12. The molecule has 0 unspecified atom stereocenters. The highest BCUT2D eigenvalue weighted by Gasteiger charge is 2.74. The predicted octanol–water partition coefficient (Wildman–Crippen LogP) is 4.76. The van der Waals surface area contributed by atoms with Crippen LogP contribution in [0.15, 0.2) is 11.9 Å². The number of hydrogen-bond donors (Lipinski definition) is 0. The SMILES string of the molecule is CC1(C)OB(C/C=C(\F)C(F)(F)C(F)(F)C(F)(F)F)OC1(C)C. The Morgan fingerprint density at radius 3 is 1.65 bits per heavy atom. The van der Waals surface area contributed by atoms with Crippen LogP contribution >= 0.6 is 0 Å². The summed E-state index contributed by atoms with van der Waals surface area (Å²) in [6.07, 6.45) is -7.42. The van der Waals surface area contributed by atoms with Gasteiger partial charge in [-0.25, -0.2) is 4.39 Å². The van der Waals surface area contributed by atoms with E-state index in [1.165, 1.54) is 0 Å². The molecule has 0 bridgehead atoms. The zero-order valence-electron chi connectivity index (χ0n) is 12.7. The molecule has 0 amide bonds. The van der Waals surface area contributed by atoms with Gasteiger partial charge in [-0.05, 0) is 33.8 Å². The van der Waals surface area contributed by atoms with Crippen molar-refractivity contribution >= 4 is 7.12 Å². The van der Waals surface area contributed by atoms with Gasteiger partial charge in [0.2, 0.25) is 0 Å². The minimum atomic E-state index is -6.59. The quantitative estimate of drug-likeness (QED) is 0.535. The van der Waals surface area contributed by atoms with Crippen molar-refractivity contribution in [3.8, 4) is 0 Å². The van der Waals surface area contributed by atoms with Crippen LogP contribution in [0, 0.1) is 0 Å². The van der Waals surface area contributed by atoms with E-state index in [0.29, 0.717) is 0 Å². The van der Waals surface area contributed by atoms with E-state index in [1.54, 1.807) is 27.7 Å². The molecule has 1 saturated heterocycles. The van der Waals surface area contributed by atoms with E-state index < -0.39 is 48.5 Å². The fourth-order valence-electron chi connectivity index (χ4n) is 1.72. The lowest BCUT2D eigenvalue weighted by atomic mass is 9.84.